The van der Waals surface area contributed by atoms with Gasteiger partial charge in [0.05, 0.1) is 11.8 Å². The Kier molecular flexibility index (Phi) is 8.38. The quantitative estimate of drug-likeness (QED) is 0.169. The van der Waals surface area contributed by atoms with Crippen molar-refractivity contribution in [3.05, 3.63) is 143 Å². The molecule has 1 atom stereocenters. The van der Waals surface area contributed by atoms with E-state index in [1.165, 1.54) is 22.3 Å². The Morgan fingerprint density at radius 3 is 2.20 bits per heavy atom. The summed E-state index contributed by atoms with van der Waals surface area (Å²) in [7, 11) is 0. The lowest BCUT2D eigenvalue weighted by Crippen LogP contribution is -2.33. The number of fused-ring (bicyclic) bond motifs is 2. The summed E-state index contributed by atoms with van der Waals surface area (Å²) in [5, 5.41) is 0.807. The summed E-state index contributed by atoms with van der Waals surface area (Å²) in [5.74, 6) is 2.97. The molecule has 1 aromatic heterocycles. The second kappa shape index (κ2) is 12.9. The van der Waals surface area contributed by atoms with Crippen molar-refractivity contribution >= 4 is 34.5 Å². The smallest absolute Gasteiger partial charge is 0.374 e. The molecule has 1 unspecified atom stereocenters. The number of anilines is 1. The third-order valence-corrected chi connectivity index (χ3v) is 9.35. The highest BCUT2D eigenvalue weighted by Crippen LogP contribution is 2.42. The molecule has 5 heteroatoms. The molecule has 0 amide bonds. The Morgan fingerprint density at radius 1 is 0.804 bits per heavy atom. The first-order valence-electron chi connectivity index (χ1n) is 16.2. The van der Waals surface area contributed by atoms with Gasteiger partial charge >= 0.3 is 5.89 Å². The van der Waals surface area contributed by atoms with E-state index in [1.54, 1.807) is 0 Å². The summed E-state index contributed by atoms with van der Waals surface area (Å²) < 4.78 is 14.9. The van der Waals surface area contributed by atoms with Crippen molar-refractivity contribution in [1.82, 2.24) is 0 Å². The van der Waals surface area contributed by atoms with Gasteiger partial charge in [0.15, 0.2) is 5.75 Å². The monoisotopic (exact) mass is 625 g/mol. The molecule has 0 radical (unpaired) electrons. The topological polar surface area (TPSA) is 29.5 Å². The molecule has 2 aliphatic rings. The zero-order chi connectivity index (χ0) is 31.6. The van der Waals surface area contributed by atoms with Crippen molar-refractivity contribution in [2.24, 2.45) is 5.92 Å². The van der Waals surface area contributed by atoms with Crippen LogP contribution in [-0.4, -0.2) is 6.54 Å². The highest BCUT2D eigenvalue weighted by atomic mass is 35.5. The predicted molar refractivity (Wildman–Crippen MR) is 190 cm³/mol. The van der Waals surface area contributed by atoms with Gasteiger partial charge in [-0.15, -0.1) is 0 Å². The minimum atomic E-state index is 0.464. The third-order valence-electron chi connectivity index (χ3n) is 8.86. The van der Waals surface area contributed by atoms with Crippen LogP contribution in [-0.2, 0) is 6.54 Å². The van der Waals surface area contributed by atoms with Gasteiger partial charge in [0.2, 0.25) is 11.5 Å². The summed E-state index contributed by atoms with van der Waals surface area (Å²) in [6.07, 6.45) is 10.2. The molecule has 0 bridgehead atoms. The molecular weight excluding hydrogens is 588 g/mol. The molecule has 0 saturated carbocycles. The first-order chi connectivity index (χ1) is 22.5. The van der Waals surface area contributed by atoms with Crippen LogP contribution in [0.5, 0.6) is 5.75 Å². The van der Waals surface area contributed by atoms with Crippen LogP contribution in [0.2, 0.25) is 0 Å². The molecule has 4 nitrogen and oxygen atoms in total. The molecule has 1 aliphatic heterocycles. The maximum atomic E-state index is 7.09. The van der Waals surface area contributed by atoms with E-state index >= 15 is 0 Å². The van der Waals surface area contributed by atoms with E-state index in [2.05, 4.69) is 139 Å². The summed E-state index contributed by atoms with van der Waals surface area (Å²) in [4.78, 5) is 2.22. The van der Waals surface area contributed by atoms with Crippen molar-refractivity contribution in [3.8, 4) is 28.0 Å². The summed E-state index contributed by atoms with van der Waals surface area (Å²) >= 11 is 7.09. The third kappa shape index (κ3) is 5.81. The molecule has 46 heavy (non-hydrogen) atoms. The van der Waals surface area contributed by atoms with E-state index in [9.17, 15) is 0 Å². The summed E-state index contributed by atoms with van der Waals surface area (Å²) in [5.41, 5.74) is 10.0. The Hall–Kier alpha value is -4.80. The number of rotatable bonds is 7. The number of ether oxygens (including phenoxy) is 1. The van der Waals surface area contributed by atoms with Crippen LogP contribution in [0.15, 0.2) is 142 Å². The van der Waals surface area contributed by atoms with Crippen molar-refractivity contribution < 1.29 is 13.7 Å². The molecule has 4 aromatic carbocycles. The van der Waals surface area contributed by atoms with Gasteiger partial charge in [-0.1, -0.05) is 97.4 Å². The minimum Gasteiger partial charge on any atom is -0.439 e. The fourth-order valence-corrected chi connectivity index (χ4v) is 6.84. The van der Waals surface area contributed by atoms with Crippen molar-refractivity contribution in [3.63, 3.8) is 0 Å². The van der Waals surface area contributed by atoms with Gasteiger partial charge in [-0.05, 0) is 96.4 Å². The van der Waals surface area contributed by atoms with Gasteiger partial charge in [0.25, 0.3) is 5.52 Å². The Morgan fingerprint density at radius 2 is 1.50 bits per heavy atom. The molecule has 7 rings (SSSR count). The van der Waals surface area contributed by atoms with Crippen molar-refractivity contribution in [2.45, 2.75) is 40.2 Å². The van der Waals surface area contributed by atoms with E-state index in [0.29, 0.717) is 5.92 Å². The van der Waals surface area contributed by atoms with Crippen LogP contribution in [0.25, 0.3) is 39.4 Å². The van der Waals surface area contributed by atoms with Gasteiger partial charge in [-0.2, -0.15) is 4.57 Å². The number of oxazole rings is 1. The lowest BCUT2D eigenvalue weighted by molar-refractivity contribution is -0.674. The zero-order valence-electron chi connectivity index (χ0n) is 26.5. The van der Waals surface area contributed by atoms with Gasteiger partial charge < -0.3 is 14.1 Å². The van der Waals surface area contributed by atoms with Crippen molar-refractivity contribution in [2.75, 3.05) is 11.4 Å². The standard InChI is InChI=1S/C41H38ClN2O2/c1-4-43-35-26-31(29-12-8-6-9-13-29)16-20-37(35)45-39(43)22-18-33-24-28(3)25-34(41(33)42)19-23-40-44(5-2)36-27-32(17-21-38(36)46-40)30-14-10-7-11-15-30/h6-23,26-28H,4-5,24-25H2,1-3H3/q+1. The lowest BCUT2D eigenvalue weighted by atomic mass is 9.86. The molecule has 2 heterocycles. The fourth-order valence-electron chi connectivity index (χ4n) is 6.56. The molecule has 0 N–H and O–H groups in total. The Labute approximate surface area is 276 Å². The van der Waals surface area contributed by atoms with Gasteiger partial charge in [-0.25, -0.2) is 0 Å². The molecule has 230 valence electrons. The largest absolute Gasteiger partial charge is 0.439 e. The Balaban J connectivity index is 1.16. The first-order valence-corrected chi connectivity index (χ1v) is 16.5. The molecule has 0 saturated heterocycles. The van der Waals surface area contributed by atoms with E-state index < -0.39 is 0 Å². The van der Waals surface area contributed by atoms with E-state index in [-0.39, 0.29) is 0 Å². The van der Waals surface area contributed by atoms with Crippen molar-refractivity contribution in [1.29, 1.82) is 0 Å². The predicted octanol–water partition coefficient (Wildman–Crippen LogP) is 10.7. The molecule has 5 aromatic rings. The number of hydrogen-bond acceptors (Lipinski definition) is 3. The number of allylic oxidation sites excluding steroid dienone is 6. The fraction of sp³-hybridized carbons (Fsp3) is 0.195. The molecule has 1 aliphatic carbocycles. The van der Waals surface area contributed by atoms with E-state index in [1.807, 2.05) is 12.1 Å². The SMILES string of the molecule is CCN1/C(=C/C=C2\CC(C)CC(/C=C/c3oc4ccc(-c5ccccc5)cc4[n+]3CC)=C2Cl)Oc2ccc(-c3ccccc3)cc21. The molecule has 0 spiro atoms. The average Bonchev–Trinajstić information content (AvgIpc) is 3.64. The molecule has 0 fully saturated rings. The Bertz CT molecular complexity index is 2020. The van der Waals surface area contributed by atoms with Crippen LogP contribution in [0.1, 0.15) is 39.5 Å². The normalized spacial score (nSPS) is 18.3. The van der Waals surface area contributed by atoms with Crippen LogP contribution in [0, 0.1) is 5.92 Å². The van der Waals surface area contributed by atoms with E-state index in [0.717, 1.165) is 76.4 Å². The maximum absolute atomic E-state index is 7.09. The maximum Gasteiger partial charge on any atom is 0.374 e. The molecular formula is C41H38ClN2O2+. The first kappa shape index (κ1) is 29.9. The lowest BCUT2D eigenvalue weighted by Gasteiger charge is -2.22. The van der Waals surface area contributed by atoms with Crippen LogP contribution < -0.4 is 14.2 Å². The van der Waals surface area contributed by atoms with Gasteiger partial charge in [0, 0.05) is 17.6 Å². The number of aromatic nitrogens is 1. The van der Waals surface area contributed by atoms with Gasteiger partial charge in [-0.3, -0.25) is 0 Å². The van der Waals surface area contributed by atoms with Crippen LogP contribution in [0.4, 0.5) is 5.69 Å². The highest BCUT2D eigenvalue weighted by Gasteiger charge is 2.26. The van der Waals surface area contributed by atoms with Gasteiger partial charge in [0.1, 0.15) is 6.54 Å². The minimum absolute atomic E-state index is 0.464. The highest BCUT2D eigenvalue weighted by molar-refractivity contribution is 6.32. The number of hydrogen-bond donors (Lipinski definition) is 0. The number of nitrogens with zero attached hydrogens (tertiary/aromatic N) is 2. The number of halogens is 1. The van der Waals surface area contributed by atoms with Crippen LogP contribution in [0.3, 0.4) is 0 Å². The average molecular weight is 626 g/mol. The second-order valence-corrected chi connectivity index (χ2v) is 12.4. The zero-order valence-corrected chi connectivity index (χ0v) is 27.3. The second-order valence-electron chi connectivity index (χ2n) is 12.0. The van der Waals surface area contributed by atoms with E-state index in [4.69, 9.17) is 20.8 Å². The number of aryl methyl sites for hydroxylation is 1. The summed E-state index contributed by atoms with van der Waals surface area (Å²) in [6.45, 7) is 8.18. The van der Waals surface area contributed by atoms with Crippen LogP contribution >= 0.6 is 11.6 Å². The summed E-state index contributed by atoms with van der Waals surface area (Å²) in [6, 6.07) is 33.7. The number of benzene rings is 4.